The van der Waals surface area contributed by atoms with E-state index in [9.17, 15) is 14.0 Å². The van der Waals surface area contributed by atoms with E-state index < -0.39 is 17.0 Å². The fraction of sp³-hybridized carbons (Fsp3) is 0.176. The number of anilines is 1. The van der Waals surface area contributed by atoms with E-state index in [-0.39, 0.29) is 24.6 Å². The summed E-state index contributed by atoms with van der Waals surface area (Å²) in [6.07, 6.45) is 3.13. The maximum absolute atomic E-state index is 13.9. The number of benzene rings is 1. The molecule has 0 spiro atoms. The van der Waals surface area contributed by atoms with E-state index >= 15 is 0 Å². The molecule has 1 N–H and O–H groups in total. The Morgan fingerprint density at radius 1 is 1.52 bits per heavy atom. The number of hydrogen-bond acceptors (Lipinski definition) is 6. The molecule has 6 nitrogen and oxygen atoms in total. The Balaban J connectivity index is 1.71. The van der Waals surface area contributed by atoms with Crippen LogP contribution in [0.2, 0.25) is 0 Å². The van der Waals surface area contributed by atoms with E-state index in [0.717, 1.165) is 0 Å². The van der Waals surface area contributed by atoms with Gasteiger partial charge in [0.2, 0.25) is 16.9 Å². The molecule has 1 aromatic carbocycles. The molecule has 0 radical (unpaired) electrons. The van der Waals surface area contributed by atoms with Gasteiger partial charge < -0.3 is 5.32 Å². The molecule has 1 aromatic heterocycles. The number of aliphatic imine (C=N–C) groups is 1. The molecule has 0 bridgehead atoms. The van der Waals surface area contributed by atoms with Crippen molar-refractivity contribution in [2.45, 2.75) is 11.7 Å². The summed E-state index contributed by atoms with van der Waals surface area (Å²) in [5.41, 5.74) is 0.0678. The number of nitrogens with zero attached hydrogens (tertiary/aromatic N) is 3. The van der Waals surface area contributed by atoms with Crippen molar-refractivity contribution in [3.63, 3.8) is 0 Å². The third-order valence-corrected chi connectivity index (χ3v) is 5.85. The monoisotopic (exact) mass is 468 g/mol. The lowest BCUT2D eigenvalue weighted by Crippen LogP contribution is -2.33. The third kappa shape index (κ3) is 4.82. The standard InChI is InChI=1S/C17H14BrFN4O2S2/c1-2-6-23-15(25)13(27-17(23)22-16-20-5-7-26-16)9-14(24)21-12-4-3-10(18)8-11(12)19/h2-5,7-8,13H,1,6,9H2,(H,21,24). The van der Waals surface area contributed by atoms with Crippen LogP contribution in [0, 0.1) is 5.82 Å². The van der Waals surface area contributed by atoms with Crippen molar-refractivity contribution < 1.29 is 14.0 Å². The van der Waals surface area contributed by atoms with Crippen LogP contribution in [-0.4, -0.2) is 38.7 Å². The van der Waals surface area contributed by atoms with Gasteiger partial charge in [-0.3, -0.25) is 14.5 Å². The average molecular weight is 469 g/mol. The molecule has 10 heteroatoms. The fourth-order valence-electron chi connectivity index (χ4n) is 2.34. The number of thioether (sulfide) groups is 1. The number of carbonyl (C=O) groups excluding carboxylic acids is 2. The molecule has 2 heterocycles. The lowest BCUT2D eigenvalue weighted by Gasteiger charge is -2.13. The summed E-state index contributed by atoms with van der Waals surface area (Å²) < 4.78 is 14.4. The largest absolute Gasteiger partial charge is 0.324 e. The van der Waals surface area contributed by atoms with E-state index in [2.05, 4.69) is 37.8 Å². The first-order chi connectivity index (χ1) is 13.0. The first-order valence-electron chi connectivity index (χ1n) is 7.80. The predicted molar refractivity (Wildman–Crippen MR) is 110 cm³/mol. The van der Waals surface area contributed by atoms with Crippen LogP contribution in [0.3, 0.4) is 0 Å². The highest BCUT2D eigenvalue weighted by Gasteiger charge is 2.38. The molecule has 27 heavy (non-hydrogen) atoms. The van der Waals surface area contributed by atoms with Gasteiger partial charge in [0, 0.05) is 29.0 Å². The van der Waals surface area contributed by atoms with E-state index in [1.807, 2.05) is 0 Å². The van der Waals surface area contributed by atoms with Crippen LogP contribution in [-0.2, 0) is 9.59 Å². The molecule has 1 aliphatic rings. The van der Waals surface area contributed by atoms with E-state index in [1.54, 1.807) is 23.7 Å². The van der Waals surface area contributed by atoms with Gasteiger partial charge in [-0.15, -0.1) is 17.9 Å². The predicted octanol–water partition coefficient (Wildman–Crippen LogP) is 4.19. The van der Waals surface area contributed by atoms with E-state index in [1.165, 1.54) is 40.1 Å². The summed E-state index contributed by atoms with van der Waals surface area (Å²) >= 11 is 5.71. The zero-order chi connectivity index (χ0) is 19.4. The summed E-state index contributed by atoms with van der Waals surface area (Å²) in [5, 5.41) is 4.66. The summed E-state index contributed by atoms with van der Waals surface area (Å²) in [5.74, 6) is -1.24. The smallest absolute Gasteiger partial charge is 0.242 e. The second-order valence-corrected chi connectivity index (χ2v) is 8.39. The van der Waals surface area contributed by atoms with Crippen molar-refractivity contribution in [2.75, 3.05) is 11.9 Å². The highest BCUT2D eigenvalue weighted by Crippen LogP contribution is 2.32. The summed E-state index contributed by atoms with van der Waals surface area (Å²) in [6, 6.07) is 4.34. The average Bonchev–Trinajstić information content (AvgIpc) is 3.22. The van der Waals surface area contributed by atoms with Crippen molar-refractivity contribution in [1.82, 2.24) is 9.88 Å². The molecule has 0 aliphatic carbocycles. The van der Waals surface area contributed by atoms with Crippen LogP contribution < -0.4 is 5.32 Å². The summed E-state index contributed by atoms with van der Waals surface area (Å²) in [7, 11) is 0. The van der Waals surface area contributed by atoms with E-state index in [0.29, 0.717) is 14.8 Å². The van der Waals surface area contributed by atoms with Crippen molar-refractivity contribution >= 4 is 66.8 Å². The Bertz CT molecular complexity index is 904. The topological polar surface area (TPSA) is 74.7 Å². The molecule has 1 unspecified atom stereocenters. The van der Waals surface area contributed by atoms with Crippen molar-refractivity contribution in [2.24, 2.45) is 4.99 Å². The normalized spacial score (nSPS) is 18.1. The number of nitrogens with one attached hydrogen (secondary N) is 1. The Kier molecular flexibility index (Phi) is 6.40. The minimum atomic E-state index is -0.637. The van der Waals surface area contributed by atoms with Crippen LogP contribution >= 0.6 is 39.0 Å². The van der Waals surface area contributed by atoms with Crippen molar-refractivity contribution in [1.29, 1.82) is 0 Å². The van der Waals surface area contributed by atoms with Gasteiger partial charge in [-0.2, -0.15) is 4.99 Å². The Labute approximate surface area is 171 Å². The van der Waals surface area contributed by atoms with E-state index in [4.69, 9.17) is 0 Å². The molecule has 1 fully saturated rings. The van der Waals surface area contributed by atoms with Gasteiger partial charge in [0.25, 0.3) is 0 Å². The van der Waals surface area contributed by atoms with Gasteiger partial charge in [-0.1, -0.05) is 33.8 Å². The molecule has 1 atom stereocenters. The van der Waals surface area contributed by atoms with Crippen LogP contribution in [0.15, 0.2) is 51.9 Å². The molecule has 1 aliphatic heterocycles. The molecule has 1 saturated heterocycles. The number of carbonyl (C=O) groups is 2. The van der Waals surface area contributed by atoms with Gasteiger partial charge in [0.05, 0.1) is 5.69 Å². The molecule has 2 aromatic rings. The van der Waals surface area contributed by atoms with Gasteiger partial charge >= 0.3 is 0 Å². The lowest BCUT2D eigenvalue weighted by atomic mass is 10.2. The van der Waals surface area contributed by atoms with Gasteiger partial charge in [-0.05, 0) is 18.2 Å². The quantitative estimate of drug-likeness (QED) is 0.644. The molecular formula is C17H14BrFN4O2S2. The van der Waals surface area contributed by atoms with Gasteiger partial charge in [0.15, 0.2) is 5.17 Å². The number of amidine groups is 1. The van der Waals surface area contributed by atoms with Crippen LogP contribution in [0.25, 0.3) is 0 Å². The summed E-state index contributed by atoms with van der Waals surface area (Å²) in [6.45, 7) is 3.94. The molecule has 2 amide bonds. The number of aromatic nitrogens is 1. The molecule has 0 saturated carbocycles. The van der Waals surface area contributed by atoms with Gasteiger partial charge in [0.1, 0.15) is 11.1 Å². The van der Waals surface area contributed by atoms with Crippen LogP contribution in [0.1, 0.15) is 6.42 Å². The maximum Gasteiger partial charge on any atom is 0.242 e. The first kappa shape index (κ1) is 19.7. The number of hydrogen-bond donors (Lipinski definition) is 1. The Morgan fingerprint density at radius 3 is 3.00 bits per heavy atom. The van der Waals surface area contributed by atoms with Gasteiger partial charge in [-0.25, -0.2) is 9.37 Å². The lowest BCUT2D eigenvalue weighted by molar-refractivity contribution is -0.127. The number of halogens is 2. The second kappa shape index (κ2) is 8.77. The highest BCUT2D eigenvalue weighted by atomic mass is 79.9. The molecule has 3 rings (SSSR count). The third-order valence-electron chi connectivity index (χ3n) is 3.52. The van der Waals surface area contributed by atoms with Crippen LogP contribution in [0.5, 0.6) is 0 Å². The first-order valence-corrected chi connectivity index (χ1v) is 10.3. The number of amides is 2. The number of rotatable bonds is 6. The Hall–Kier alpha value is -2.04. The zero-order valence-corrected chi connectivity index (χ0v) is 17.1. The van der Waals surface area contributed by atoms with Crippen LogP contribution in [0.4, 0.5) is 15.2 Å². The minimum Gasteiger partial charge on any atom is -0.324 e. The van der Waals surface area contributed by atoms with Crippen molar-refractivity contribution in [3.8, 4) is 0 Å². The summed E-state index contributed by atoms with van der Waals surface area (Å²) in [4.78, 5) is 34.9. The van der Waals surface area contributed by atoms with Crippen molar-refractivity contribution in [3.05, 3.63) is 52.7 Å². The SMILES string of the molecule is C=CCN1C(=O)C(CC(=O)Nc2ccc(Br)cc2F)SC1=Nc1nccs1. The fourth-order valence-corrected chi connectivity index (χ4v) is 4.38. The zero-order valence-electron chi connectivity index (χ0n) is 13.9. The maximum atomic E-state index is 13.9. The number of thiazole rings is 1. The molecular weight excluding hydrogens is 455 g/mol. The Morgan fingerprint density at radius 2 is 2.33 bits per heavy atom. The second-order valence-electron chi connectivity index (χ2n) is 5.43. The highest BCUT2D eigenvalue weighted by molar-refractivity contribution is 9.10. The minimum absolute atomic E-state index is 0.0678. The molecule has 140 valence electrons.